The van der Waals surface area contributed by atoms with E-state index >= 15 is 0 Å². The van der Waals surface area contributed by atoms with Gasteiger partial charge in [0, 0.05) is 21.6 Å². The fourth-order valence-electron chi connectivity index (χ4n) is 2.21. The van der Waals surface area contributed by atoms with Crippen molar-refractivity contribution in [1.29, 1.82) is 0 Å². The summed E-state index contributed by atoms with van der Waals surface area (Å²) in [6.45, 7) is 1.84. The SMILES string of the molecule is CC1CSc2ccc(S(=O)(=O)Nc3cccc(Cl)c3)cc2NC1=O. The van der Waals surface area contributed by atoms with Gasteiger partial charge in [-0.25, -0.2) is 8.42 Å². The van der Waals surface area contributed by atoms with Crippen LogP contribution >= 0.6 is 23.4 Å². The highest BCUT2D eigenvalue weighted by Gasteiger charge is 2.23. The second kappa shape index (κ2) is 6.66. The Hall–Kier alpha value is -1.70. The average molecular weight is 383 g/mol. The van der Waals surface area contributed by atoms with Gasteiger partial charge in [-0.3, -0.25) is 9.52 Å². The minimum absolute atomic E-state index is 0.0803. The van der Waals surface area contributed by atoms with Crippen molar-refractivity contribution >= 4 is 50.7 Å². The van der Waals surface area contributed by atoms with Crippen LogP contribution in [0.2, 0.25) is 5.02 Å². The molecule has 1 heterocycles. The maximum atomic E-state index is 12.6. The number of hydrogen-bond acceptors (Lipinski definition) is 4. The fraction of sp³-hybridized carbons (Fsp3) is 0.188. The van der Waals surface area contributed by atoms with Gasteiger partial charge in [-0.2, -0.15) is 0 Å². The van der Waals surface area contributed by atoms with Gasteiger partial charge < -0.3 is 5.32 Å². The minimum atomic E-state index is -3.78. The van der Waals surface area contributed by atoms with Crippen molar-refractivity contribution in [3.05, 3.63) is 47.5 Å². The standard InChI is InChI=1S/C16H15ClN2O3S2/c1-10-9-23-15-6-5-13(8-14(15)18-16(10)20)24(21,22)19-12-4-2-3-11(17)7-12/h2-8,10,19H,9H2,1H3,(H,18,20). The van der Waals surface area contributed by atoms with Crippen LogP contribution in [0, 0.1) is 5.92 Å². The first-order valence-corrected chi connectivity index (χ1v) is 10.1. The number of nitrogens with one attached hydrogen (secondary N) is 2. The summed E-state index contributed by atoms with van der Waals surface area (Å²) in [6.07, 6.45) is 0. The van der Waals surface area contributed by atoms with Gasteiger partial charge in [0.15, 0.2) is 0 Å². The lowest BCUT2D eigenvalue weighted by Crippen LogP contribution is -2.20. The van der Waals surface area contributed by atoms with E-state index in [0.717, 1.165) is 4.90 Å². The minimum Gasteiger partial charge on any atom is -0.325 e. The first kappa shape index (κ1) is 17.1. The number of amides is 1. The molecule has 0 spiro atoms. The van der Waals surface area contributed by atoms with Crippen LogP contribution in [-0.4, -0.2) is 20.1 Å². The smallest absolute Gasteiger partial charge is 0.261 e. The highest BCUT2D eigenvalue weighted by molar-refractivity contribution is 7.99. The zero-order valence-corrected chi connectivity index (χ0v) is 15.1. The summed E-state index contributed by atoms with van der Waals surface area (Å²) in [4.78, 5) is 12.9. The molecule has 0 radical (unpaired) electrons. The molecule has 24 heavy (non-hydrogen) atoms. The number of anilines is 2. The quantitative estimate of drug-likeness (QED) is 0.846. The Bertz CT molecular complexity index is 900. The van der Waals surface area contributed by atoms with E-state index in [1.165, 1.54) is 30.0 Å². The molecule has 0 fully saturated rings. The van der Waals surface area contributed by atoms with Crippen LogP contribution in [0.3, 0.4) is 0 Å². The van der Waals surface area contributed by atoms with Crippen LogP contribution in [0.25, 0.3) is 0 Å². The predicted octanol–water partition coefficient (Wildman–Crippen LogP) is 3.82. The Labute approximate surface area is 149 Å². The van der Waals surface area contributed by atoms with Crippen LogP contribution in [-0.2, 0) is 14.8 Å². The molecular weight excluding hydrogens is 368 g/mol. The first-order valence-electron chi connectivity index (χ1n) is 7.21. The molecule has 0 aromatic heterocycles. The number of carbonyl (C=O) groups is 1. The molecule has 1 atom stereocenters. The summed E-state index contributed by atoms with van der Waals surface area (Å²) in [5, 5.41) is 3.22. The average Bonchev–Trinajstić information content (AvgIpc) is 2.66. The van der Waals surface area contributed by atoms with E-state index < -0.39 is 10.0 Å². The highest BCUT2D eigenvalue weighted by Crippen LogP contribution is 2.34. The van der Waals surface area contributed by atoms with Crippen molar-refractivity contribution in [1.82, 2.24) is 0 Å². The van der Waals surface area contributed by atoms with Crippen molar-refractivity contribution in [3.63, 3.8) is 0 Å². The fourth-order valence-corrected chi connectivity index (χ4v) is 4.49. The summed E-state index contributed by atoms with van der Waals surface area (Å²) in [6, 6.07) is 11.2. The molecule has 1 aliphatic heterocycles. The number of hydrogen-bond donors (Lipinski definition) is 2. The Kier molecular flexibility index (Phi) is 4.76. The molecule has 5 nitrogen and oxygen atoms in total. The Morgan fingerprint density at radius 1 is 1.25 bits per heavy atom. The van der Waals surface area contributed by atoms with Gasteiger partial charge in [0.2, 0.25) is 5.91 Å². The van der Waals surface area contributed by atoms with E-state index in [-0.39, 0.29) is 16.7 Å². The Morgan fingerprint density at radius 2 is 2.04 bits per heavy atom. The summed E-state index contributed by atoms with van der Waals surface area (Å²) in [5.41, 5.74) is 0.896. The van der Waals surface area contributed by atoms with Crippen molar-refractivity contribution in [2.75, 3.05) is 15.8 Å². The summed E-state index contributed by atoms with van der Waals surface area (Å²) in [7, 11) is -3.78. The summed E-state index contributed by atoms with van der Waals surface area (Å²) in [5.74, 6) is 0.414. The third kappa shape index (κ3) is 3.68. The van der Waals surface area contributed by atoms with E-state index in [9.17, 15) is 13.2 Å². The Balaban J connectivity index is 1.92. The molecule has 126 valence electrons. The lowest BCUT2D eigenvalue weighted by Gasteiger charge is -2.12. The van der Waals surface area contributed by atoms with Gasteiger partial charge in [-0.05, 0) is 36.4 Å². The molecule has 2 aromatic rings. The zero-order chi connectivity index (χ0) is 17.3. The van der Waals surface area contributed by atoms with E-state index in [1.807, 2.05) is 6.92 Å². The molecule has 3 rings (SSSR count). The normalized spacial score (nSPS) is 17.6. The lowest BCUT2D eigenvalue weighted by molar-refractivity contribution is -0.118. The van der Waals surface area contributed by atoms with Gasteiger partial charge in [0.25, 0.3) is 10.0 Å². The lowest BCUT2D eigenvalue weighted by atomic mass is 10.2. The molecule has 1 aliphatic rings. The number of fused-ring (bicyclic) bond motifs is 1. The molecule has 0 saturated carbocycles. The Morgan fingerprint density at radius 3 is 2.79 bits per heavy atom. The van der Waals surface area contributed by atoms with Crippen LogP contribution in [0.4, 0.5) is 11.4 Å². The summed E-state index contributed by atoms with van der Waals surface area (Å²) < 4.78 is 27.6. The van der Waals surface area contributed by atoms with Gasteiger partial charge in [0.1, 0.15) is 0 Å². The van der Waals surface area contributed by atoms with E-state index in [2.05, 4.69) is 10.0 Å². The van der Waals surface area contributed by atoms with Crippen LogP contribution in [0.1, 0.15) is 6.92 Å². The van der Waals surface area contributed by atoms with Gasteiger partial charge in [-0.15, -0.1) is 11.8 Å². The monoisotopic (exact) mass is 382 g/mol. The van der Waals surface area contributed by atoms with Crippen molar-refractivity contribution in [2.45, 2.75) is 16.7 Å². The molecule has 2 N–H and O–H groups in total. The maximum Gasteiger partial charge on any atom is 0.261 e. The zero-order valence-electron chi connectivity index (χ0n) is 12.7. The molecule has 8 heteroatoms. The second-order valence-electron chi connectivity index (χ2n) is 5.48. The van der Waals surface area contributed by atoms with Gasteiger partial charge >= 0.3 is 0 Å². The number of thioether (sulfide) groups is 1. The molecule has 1 unspecified atom stereocenters. The summed E-state index contributed by atoms with van der Waals surface area (Å²) >= 11 is 7.41. The number of halogens is 1. The number of sulfonamides is 1. The topological polar surface area (TPSA) is 75.3 Å². The van der Waals surface area contributed by atoms with E-state index in [1.54, 1.807) is 24.3 Å². The molecule has 0 aliphatic carbocycles. The van der Waals surface area contributed by atoms with Crippen molar-refractivity contribution < 1.29 is 13.2 Å². The first-order chi connectivity index (χ1) is 11.3. The van der Waals surface area contributed by atoms with E-state index in [0.29, 0.717) is 22.2 Å². The van der Waals surface area contributed by atoms with Crippen molar-refractivity contribution in [2.24, 2.45) is 5.92 Å². The third-order valence-corrected chi connectivity index (χ3v) is 6.48. The maximum absolute atomic E-state index is 12.6. The number of carbonyl (C=O) groups excluding carboxylic acids is 1. The van der Waals surface area contributed by atoms with Crippen LogP contribution in [0.15, 0.2) is 52.3 Å². The number of benzene rings is 2. The van der Waals surface area contributed by atoms with E-state index in [4.69, 9.17) is 11.6 Å². The molecule has 0 saturated heterocycles. The largest absolute Gasteiger partial charge is 0.325 e. The molecule has 2 aromatic carbocycles. The molecular formula is C16H15ClN2O3S2. The second-order valence-corrected chi connectivity index (χ2v) is 8.66. The van der Waals surface area contributed by atoms with Crippen LogP contribution in [0.5, 0.6) is 0 Å². The predicted molar refractivity (Wildman–Crippen MR) is 97.2 cm³/mol. The molecule has 1 amide bonds. The highest BCUT2D eigenvalue weighted by atomic mass is 35.5. The van der Waals surface area contributed by atoms with Gasteiger partial charge in [-0.1, -0.05) is 24.6 Å². The van der Waals surface area contributed by atoms with Crippen LogP contribution < -0.4 is 10.0 Å². The third-order valence-electron chi connectivity index (χ3n) is 3.53. The number of rotatable bonds is 3. The van der Waals surface area contributed by atoms with Crippen molar-refractivity contribution in [3.8, 4) is 0 Å². The molecule has 0 bridgehead atoms. The van der Waals surface area contributed by atoms with Gasteiger partial charge in [0.05, 0.1) is 16.3 Å².